The molecule has 0 heterocycles. The second kappa shape index (κ2) is 15.9. The number of carbonyl (C=O) groups excluding carboxylic acids is 3. The van der Waals surface area contributed by atoms with Crippen LogP contribution in [0, 0.1) is 13.8 Å². The van der Waals surface area contributed by atoms with Crippen LogP contribution in [0.1, 0.15) is 56.7 Å². The van der Waals surface area contributed by atoms with E-state index in [-0.39, 0.29) is 26.4 Å². The molecule has 2 aromatic carbocycles. The lowest BCUT2D eigenvalue weighted by Crippen LogP contribution is -2.61. The first kappa shape index (κ1) is 31.8. The standard InChI is InChI=1S/C30H40O9/c1-6-35-27(31)26(30(34,28(32)36-7-2)29(33)37-8-3)38-17-11-9-10-12-23-13-15-24(16-14-23)39-25-19-21(4)18-22(5)20-25/h13-16,18-20,26,34H,6-12,17H2,1-5H3. The first-order valence-electron chi connectivity index (χ1n) is 13.4. The Morgan fingerprint density at radius 2 is 1.33 bits per heavy atom. The SMILES string of the molecule is CCOC(=O)C(OCCCCCc1ccc(Oc2cc(C)cc(C)c2)cc1)C(O)(C(=O)OCC)C(=O)OCC. The Labute approximate surface area is 230 Å². The van der Waals surface area contributed by atoms with Crippen LogP contribution in [0.2, 0.25) is 0 Å². The van der Waals surface area contributed by atoms with Crippen LogP contribution in [-0.4, -0.2) is 61.1 Å². The number of ether oxygens (including phenoxy) is 5. The summed E-state index contributed by atoms with van der Waals surface area (Å²) < 4.78 is 26.2. The lowest BCUT2D eigenvalue weighted by atomic mass is 9.96. The third kappa shape index (κ3) is 9.37. The molecule has 0 bridgehead atoms. The van der Waals surface area contributed by atoms with Gasteiger partial charge in [0.15, 0.2) is 0 Å². The van der Waals surface area contributed by atoms with Crippen molar-refractivity contribution in [1.82, 2.24) is 0 Å². The summed E-state index contributed by atoms with van der Waals surface area (Å²) in [5.74, 6) is -2.14. The summed E-state index contributed by atoms with van der Waals surface area (Å²) in [6, 6.07) is 14.0. The van der Waals surface area contributed by atoms with Crippen LogP contribution in [0.15, 0.2) is 42.5 Å². The molecule has 0 saturated carbocycles. The smallest absolute Gasteiger partial charge is 0.353 e. The quantitative estimate of drug-likeness (QED) is 0.140. The number of carbonyl (C=O) groups is 3. The van der Waals surface area contributed by atoms with Crippen LogP contribution >= 0.6 is 0 Å². The molecule has 0 aliphatic carbocycles. The zero-order valence-electron chi connectivity index (χ0n) is 23.5. The van der Waals surface area contributed by atoms with Crippen molar-refractivity contribution < 1.29 is 43.2 Å². The van der Waals surface area contributed by atoms with Gasteiger partial charge >= 0.3 is 17.9 Å². The van der Waals surface area contributed by atoms with E-state index in [2.05, 4.69) is 6.07 Å². The highest BCUT2D eigenvalue weighted by atomic mass is 16.6. The molecule has 0 saturated heterocycles. The summed E-state index contributed by atoms with van der Waals surface area (Å²) in [6.45, 7) is 8.39. The Bertz CT molecular complexity index is 1040. The van der Waals surface area contributed by atoms with Crippen molar-refractivity contribution in [1.29, 1.82) is 0 Å². The number of aliphatic hydroxyl groups is 1. The van der Waals surface area contributed by atoms with Gasteiger partial charge in [-0.05, 0) is 94.8 Å². The number of unbranched alkanes of at least 4 members (excludes halogenated alkanes) is 2. The van der Waals surface area contributed by atoms with Crippen LogP contribution in [0.4, 0.5) is 0 Å². The van der Waals surface area contributed by atoms with Crippen LogP contribution < -0.4 is 4.74 Å². The normalized spacial score (nSPS) is 11.9. The lowest BCUT2D eigenvalue weighted by Gasteiger charge is -2.30. The first-order valence-corrected chi connectivity index (χ1v) is 13.4. The highest BCUT2D eigenvalue weighted by Gasteiger charge is 2.58. The van der Waals surface area contributed by atoms with Gasteiger partial charge in [0.2, 0.25) is 6.10 Å². The molecule has 0 aliphatic rings. The minimum Gasteiger partial charge on any atom is -0.464 e. The maximum absolute atomic E-state index is 12.6. The van der Waals surface area contributed by atoms with Gasteiger partial charge in [-0.25, -0.2) is 14.4 Å². The van der Waals surface area contributed by atoms with Crippen molar-refractivity contribution in [2.24, 2.45) is 0 Å². The summed E-state index contributed by atoms with van der Waals surface area (Å²) in [5.41, 5.74) is 0.461. The maximum Gasteiger partial charge on any atom is 0.353 e. The third-order valence-electron chi connectivity index (χ3n) is 5.80. The van der Waals surface area contributed by atoms with Crippen LogP contribution in [0.5, 0.6) is 11.5 Å². The molecule has 0 radical (unpaired) electrons. The van der Waals surface area contributed by atoms with Gasteiger partial charge in [-0.1, -0.05) is 24.6 Å². The van der Waals surface area contributed by atoms with Gasteiger partial charge in [-0.2, -0.15) is 0 Å². The topological polar surface area (TPSA) is 118 Å². The molecule has 9 heteroatoms. The Morgan fingerprint density at radius 3 is 1.87 bits per heavy atom. The number of rotatable bonds is 16. The fraction of sp³-hybridized carbons (Fsp3) is 0.500. The summed E-state index contributed by atoms with van der Waals surface area (Å²) in [5, 5.41) is 11.0. The van der Waals surface area contributed by atoms with E-state index in [1.165, 1.54) is 13.8 Å². The fourth-order valence-corrected chi connectivity index (χ4v) is 4.02. The van der Waals surface area contributed by atoms with Gasteiger partial charge in [0, 0.05) is 6.61 Å². The molecule has 39 heavy (non-hydrogen) atoms. The highest BCUT2D eigenvalue weighted by Crippen LogP contribution is 2.25. The minimum atomic E-state index is -2.97. The van der Waals surface area contributed by atoms with E-state index in [9.17, 15) is 19.5 Å². The van der Waals surface area contributed by atoms with Gasteiger partial charge < -0.3 is 28.8 Å². The van der Waals surface area contributed by atoms with E-state index in [0.717, 1.165) is 47.5 Å². The summed E-state index contributed by atoms with van der Waals surface area (Å²) in [6.07, 6.45) is 1.00. The second-order valence-electron chi connectivity index (χ2n) is 9.09. The van der Waals surface area contributed by atoms with Crippen molar-refractivity contribution >= 4 is 17.9 Å². The number of benzene rings is 2. The van der Waals surface area contributed by atoms with Gasteiger partial charge in [0.25, 0.3) is 5.60 Å². The van der Waals surface area contributed by atoms with Crippen molar-refractivity contribution in [3.8, 4) is 11.5 Å². The summed E-state index contributed by atoms with van der Waals surface area (Å²) >= 11 is 0. The molecule has 2 aromatic rings. The molecule has 1 N–H and O–H groups in total. The number of esters is 3. The van der Waals surface area contributed by atoms with Crippen LogP contribution in [0.3, 0.4) is 0 Å². The van der Waals surface area contributed by atoms with E-state index in [4.69, 9.17) is 23.7 Å². The molecule has 1 atom stereocenters. The van der Waals surface area contributed by atoms with Crippen molar-refractivity contribution in [2.45, 2.75) is 72.0 Å². The number of hydrogen-bond acceptors (Lipinski definition) is 9. The monoisotopic (exact) mass is 544 g/mol. The average molecular weight is 545 g/mol. The van der Waals surface area contributed by atoms with E-state index < -0.39 is 29.6 Å². The Kier molecular flexibility index (Phi) is 12.9. The predicted molar refractivity (Wildman–Crippen MR) is 145 cm³/mol. The van der Waals surface area contributed by atoms with Crippen LogP contribution in [0.25, 0.3) is 0 Å². The van der Waals surface area contributed by atoms with Crippen molar-refractivity contribution in [2.75, 3.05) is 26.4 Å². The Balaban J connectivity index is 1.91. The van der Waals surface area contributed by atoms with Gasteiger partial charge in [0.1, 0.15) is 11.5 Å². The lowest BCUT2D eigenvalue weighted by molar-refractivity contribution is -0.208. The molecule has 0 aliphatic heterocycles. The molecule has 9 nitrogen and oxygen atoms in total. The maximum atomic E-state index is 12.6. The molecule has 2 rings (SSSR count). The van der Waals surface area contributed by atoms with Crippen molar-refractivity contribution in [3.05, 3.63) is 59.2 Å². The molecule has 0 amide bonds. The van der Waals surface area contributed by atoms with Crippen LogP contribution in [-0.2, 0) is 39.8 Å². The molecular formula is C30H40O9. The largest absolute Gasteiger partial charge is 0.464 e. The molecule has 0 spiro atoms. The van der Waals surface area contributed by atoms with Crippen molar-refractivity contribution in [3.63, 3.8) is 0 Å². The Morgan fingerprint density at radius 1 is 0.769 bits per heavy atom. The molecule has 0 fully saturated rings. The second-order valence-corrected chi connectivity index (χ2v) is 9.09. The minimum absolute atomic E-state index is 0.00723. The van der Waals surface area contributed by atoms with Gasteiger partial charge in [-0.15, -0.1) is 0 Å². The summed E-state index contributed by atoms with van der Waals surface area (Å²) in [4.78, 5) is 37.6. The first-order chi connectivity index (χ1) is 18.6. The molecule has 214 valence electrons. The third-order valence-corrected chi connectivity index (χ3v) is 5.80. The predicted octanol–water partition coefficient (Wildman–Crippen LogP) is 4.61. The Hall–Kier alpha value is -3.43. The number of aryl methyl sites for hydroxylation is 3. The van der Waals surface area contributed by atoms with E-state index in [1.54, 1.807) is 6.92 Å². The molecule has 0 aromatic heterocycles. The van der Waals surface area contributed by atoms with E-state index in [0.29, 0.717) is 6.42 Å². The number of hydrogen-bond donors (Lipinski definition) is 1. The molecular weight excluding hydrogens is 504 g/mol. The van der Waals surface area contributed by atoms with E-state index in [1.807, 2.05) is 50.2 Å². The van der Waals surface area contributed by atoms with Gasteiger partial charge in [0.05, 0.1) is 19.8 Å². The zero-order valence-corrected chi connectivity index (χ0v) is 23.5. The van der Waals surface area contributed by atoms with Gasteiger partial charge in [-0.3, -0.25) is 0 Å². The van der Waals surface area contributed by atoms with E-state index >= 15 is 0 Å². The average Bonchev–Trinajstić information content (AvgIpc) is 2.88. The molecule has 1 unspecified atom stereocenters. The zero-order chi connectivity index (χ0) is 28.8. The summed E-state index contributed by atoms with van der Waals surface area (Å²) in [7, 11) is 0. The highest BCUT2D eigenvalue weighted by molar-refractivity contribution is 6.08. The fourth-order valence-electron chi connectivity index (χ4n) is 4.02.